The zero-order chi connectivity index (χ0) is 12.3. The van der Waals surface area contributed by atoms with Crippen molar-refractivity contribution in [1.29, 1.82) is 0 Å². The fourth-order valence-corrected chi connectivity index (χ4v) is 3.54. The lowest BCUT2D eigenvalue weighted by molar-refractivity contribution is 0.0474. The van der Waals surface area contributed by atoms with Crippen molar-refractivity contribution in [3.8, 4) is 0 Å². The third-order valence-corrected chi connectivity index (χ3v) is 4.31. The molecule has 2 aromatic heterocycles. The quantitative estimate of drug-likeness (QED) is 0.767. The summed E-state index contributed by atoms with van der Waals surface area (Å²) < 4.78 is 5.48. The first-order valence-corrected chi connectivity index (χ1v) is 6.55. The highest BCUT2D eigenvalue weighted by Crippen LogP contribution is 2.33. The van der Waals surface area contributed by atoms with Gasteiger partial charge in [0.1, 0.15) is 11.2 Å². The van der Waals surface area contributed by atoms with Crippen LogP contribution < -0.4 is 0 Å². The number of hydrogen-bond donors (Lipinski definition) is 0. The maximum atomic E-state index is 12.6. The highest BCUT2D eigenvalue weighted by atomic mass is 16.3. The van der Waals surface area contributed by atoms with Crippen LogP contribution in [0.5, 0.6) is 0 Å². The largest absolute Gasteiger partial charge is 0.457 e. The molecule has 2 aliphatic rings. The van der Waals surface area contributed by atoms with Crippen molar-refractivity contribution < 1.29 is 9.21 Å². The molecule has 0 aliphatic carbocycles. The fourth-order valence-electron chi connectivity index (χ4n) is 3.54. The van der Waals surface area contributed by atoms with E-state index in [9.17, 15) is 4.79 Å². The molecule has 4 nitrogen and oxygen atoms in total. The summed E-state index contributed by atoms with van der Waals surface area (Å²) in [5, 5.41) is 0. The minimum Gasteiger partial charge on any atom is -0.457 e. The van der Waals surface area contributed by atoms with E-state index in [1.165, 1.54) is 0 Å². The molecule has 18 heavy (non-hydrogen) atoms. The first-order chi connectivity index (χ1) is 8.72. The summed E-state index contributed by atoms with van der Waals surface area (Å²) in [6.45, 7) is 2.00. The van der Waals surface area contributed by atoms with E-state index in [1.54, 1.807) is 0 Å². The Hall–Kier alpha value is -1.55. The van der Waals surface area contributed by atoms with Crippen LogP contribution in [0.4, 0.5) is 0 Å². The highest BCUT2D eigenvalue weighted by Gasteiger charge is 2.42. The molecule has 0 aromatic carbocycles. The van der Waals surface area contributed by atoms with Gasteiger partial charge in [0.15, 0.2) is 0 Å². The van der Waals surface area contributed by atoms with Gasteiger partial charge in [-0.25, -0.2) is 0 Å². The Kier molecular flexibility index (Phi) is 2.01. The molecule has 4 bridgehead atoms. The van der Waals surface area contributed by atoms with Gasteiger partial charge in [-0.1, -0.05) is 0 Å². The molecule has 0 radical (unpaired) electrons. The van der Waals surface area contributed by atoms with Gasteiger partial charge in [0, 0.05) is 25.2 Å². The second kappa shape index (κ2) is 3.48. The SMILES string of the molecule is CN1CC2CCC(C1)N2C(=O)c1cc2ccc1o2. The van der Waals surface area contributed by atoms with Crippen molar-refractivity contribution in [2.75, 3.05) is 20.1 Å². The molecule has 2 aromatic rings. The molecule has 2 atom stereocenters. The molecule has 4 heteroatoms. The fraction of sp³-hybridized carbons (Fsp3) is 0.500. The average Bonchev–Trinajstić information content (AvgIpc) is 3.02. The molecular weight excluding hydrogens is 228 g/mol. The number of nitrogens with zero attached hydrogens (tertiary/aromatic N) is 2. The lowest BCUT2D eigenvalue weighted by atomic mass is 10.1. The van der Waals surface area contributed by atoms with Gasteiger partial charge in [0.25, 0.3) is 5.91 Å². The molecule has 94 valence electrons. The van der Waals surface area contributed by atoms with E-state index in [4.69, 9.17) is 4.42 Å². The maximum absolute atomic E-state index is 12.6. The van der Waals surface area contributed by atoms with Crippen molar-refractivity contribution in [2.24, 2.45) is 0 Å². The van der Waals surface area contributed by atoms with Crippen LogP contribution in [-0.2, 0) is 0 Å². The number of amides is 1. The van der Waals surface area contributed by atoms with Crippen LogP contribution in [0.15, 0.2) is 22.6 Å². The zero-order valence-corrected chi connectivity index (χ0v) is 10.4. The lowest BCUT2D eigenvalue weighted by Crippen LogP contribution is -2.54. The van der Waals surface area contributed by atoms with E-state index in [2.05, 4.69) is 16.8 Å². The van der Waals surface area contributed by atoms with Crippen molar-refractivity contribution in [1.82, 2.24) is 9.80 Å². The summed E-state index contributed by atoms with van der Waals surface area (Å²) in [7, 11) is 2.14. The highest BCUT2D eigenvalue weighted by molar-refractivity contribution is 6.03. The van der Waals surface area contributed by atoms with E-state index >= 15 is 0 Å². The van der Waals surface area contributed by atoms with Crippen LogP contribution in [0.1, 0.15) is 23.2 Å². The number of rotatable bonds is 1. The van der Waals surface area contributed by atoms with Gasteiger partial charge < -0.3 is 14.2 Å². The van der Waals surface area contributed by atoms with Crippen molar-refractivity contribution in [3.05, 3.63) is 23.8 Å². The molecule has 0 spiro atoms. The van der Waals surface area contributed by atoms with E-state index in [0.717, 1.165) is 42.7 Å². The molecular formula is C14H16N2O2. The lowest BCUT2D eigenvalue weighted by Gasteiger charge is -2.39. The van der Waals surface area contributed by atoms with Crippen molar-refractivity contribution in [3.63, 3.8) is 0 Å². The number of hydrogen-bond acceptors (Lipinski definition) is 3. The molecule has 1 amide bonds. The second-order valence-corrected chi connectivity index (χ2v) is 5.58. The van der Waals surface area contributed by atoms with Gasteiger partial charge in [-0.2, -0.15) is 0 Å². The third kappa shape index (κ3) is 1.32. The van der Waals surface area contributed by atoms with Crippen LogP contribution in [-0.4, -0.2) is 47.9 Å². The first-order valence-electron chi connectivity index (χ1n) is 6.55. The summed E-state index contributed by atoms with van der Waals surface area (Å²) in [4.78, 5) is 17.1. The predicted octanol–water partition coefficient (Wildman–Crippen LogP) is 1.79. The van der Waals surface area contributed by atoms with Gasteiger partial charge in [0.2, 0.25) is 0 Å². The normalized spacial score (nSPS) is 28.4. The molecule has 2 saturated heterocycles. The number of benzene rings is 1. The number of carbonyl (C=O) groups is 1. The predicted molar refractivity (Wildman–Crippen MR) is 67.9 cm³/mol. The minimum atomic E-state index is 0.157. The molecule has 0 saturated carbocycles. The molecule has 4 heterocycles. The number of likely N-dealkylation sites (N-methyl/N-ethyl adjacent to an activating group) is 1. The third-order valence-electron chi connectivity index (χ3n) is 4.31. The smallest absolute Gasteiger partial charge is 0.258 e. The Bertz CT molecular complexity index is 577. The molecule has 2 unspecified atom stereocenters. The first kappa shape index (κ1) is 10.4. The van der Waals surface area contributed by atoms with E-state index in [-0.39, 0.29) is 5.91 Å². The Morgan fingerprint density at radius 1 is 1.28 bits per heavy atom. The summed E-state index contributed by atoms with van der Waals surface area (Å²) in [5.74, 6) is 0.157. The van der Waals surface area contributed by atoms with Crippen LogP contribution in [0.2, 0.25) is 0 Å². The summed E-state index contributed by atoms with van der Waals surface area (Å²) in [6, 6.07) is 6.44. The Balaban J connectivity index is 1.67. The Morgan fingerprint density at radius 3 is 2.56 bits per heavy atom. The van der Waals surface area contributed by atoms with Gasteiger partial charge in [0.05, 0.1) is 5.56 Å². The monoisotopic (exact) mass is 244 g/mol. The van der Waals surface area contributed by atoms with Gasteiger partial charge >= 0.3 is 0 Å². The Morgan fingerprint density at radius 2 is 2.00 bits per heavy atom. The number of piperazine rings is 1. The number of furan rings is 2. The number of likely N-dealkylation sites (tertiary alicyclic amines) is 1. The molecule has 2 fully saturated rings. The summed E-state index contributed by atoms with van der Waals surface area (Å²) >= 11 is 0. The zero-order valence-electron chi connectivity index (χ0n) is 10.4. The summed E-state index contributed by atoms with van der Waals surface area (Å²) in [6.07, 6.45) is 2.27. The van der Waals surface area contributed by atoms with Gasteiger partial charge in [-0.3, -0.25) is 4.79 Å². The van der Waals surface area contributed by atoms with Crippen LogP contribution in [0.25, 0.3) is 11.2 Å². The van der Waals surface area contributed by atoms with Crippen LogP contribution in [0, 0.1) is 0 Å². The average molecular weight is 244 g/mol. The second-order valence-electron chi connectivity index (χ2n) is 5.58. The maximum Gasteiger partial charge on any atom is 0.258 e. The molecule has 4 rings (SSSR count). The molecule has 2 aliphatic heterocycles. The van der Waals surface area contributed by atoms with Crippen molar-refractivity contribution in [2.45, 2.75) is 24.9 Å². The standard InChI is InChI=1S/C14H16N2O2/c1-15-7-9-2-3-10(8-15)16(9)14(17)12-6-11-4-5-13(12)18-11/h4-6,9-10H,2-3,7-8H2,1H3. The van der Waals surface area contributed by atoms with Crippen molar-refractivity contribution >= 4 is 17.1 Å². The summed E-state index contributed by atoms with van der Waals surface area (Å²) in [5.41, 5.74) is 2.28. The molecule has 0 N–H and O–H groups in total. The van der Waals surface area contributed by atoms with Crippen LogP contribution in [0.3, 0.4) is 0 Å². The minimum absolute atomic E-state index is 0.157. The van der Waals surface area contributed by atoms with E-state index in [0.29, 0.717) is 12.1 Å². The number of fused-ring (bicyclic) bond motifs is 4. The van der Waals surface area contributed by atoms with Gasteiger partial charge in [-0.05, 0) is 38.1 Å². The Labute approximate surface area is 105 Å². The van der Waals surface area contributed by atoms with E-state index < -0.39 is 0 Å². The topological polar surface area (TPSA) is 36.7 Å². The van der Waals surface area contributed by atoms with Gasteiger partial charge in [-0.15, -0.1) is 0 Å². The van der Waals surface area contributed by atoms with Crippen LogP contribution >= 0.6 is 0 Å². The number of carbonyl (C=O) groups excluding carboxylic acids is 1. The van der Waals surface area contributed by atoms with E-state index in [1.807, 2.05) is 18.2 Å².